The van der Waals surface area contributed by atoms with Crippen molar-refractivity contribution in [2.75, 3.05) is 29.9 Å². The van der Waals surface area contributed by atoms with Crippen molar-refractivity contribution in [1.82, 2.24) is 19.0 Å². The number of aryl methyl sites for hydroxylation is 1. The Kier molecular flexibility index (Phi) is 4.76. The number of ether oxygens (including phenoxy) is 1. The molecule has 3 atom stereocenters. The molecule has 3 aromatic heterocycles. The second-order valence-corrected chi connectivity index (χ2v) is 10.4. The summed E-state index contributed by atoms with van der Waals surface area (Å²) in [5, 5.41) is 9.28. The first-order chi connectivity index (χ1) is 15.8. The van der Waals surface area contributed by atoms with Crippen LogP contribution < -0.4 is 15.0 Å². The average molecular weight is 479 g/mol. The van der Waals surface area contributed by atoms with Gasteiger partial charge in [0.25, 0.3) is 0 Å². The highest BCUT2D eigenvalue weighted by Gasteiger charge is 2.64. The van der Waals surface area contributed by atoms with E-state index in [0.29, 0.717) is 29.2 Å². The molecular formula is C22H25F3N6OS. The van der Waals surface area contributed by atoms with Crippen LogP contribution in [0.4, 0.5) is 24.1 Å². The molecule has 3 fully saturated rings. The number of hydrogen-bond acceptors (Lipinski definition) is 7. The van der Waals surface area contributed by atoms with Crippen molar-refractivity contribution in [3.05, 3.63) is 30.1 Å². The summed E-state index contributed by atoms with van der Waals surface area (Å²) in [7, 11) is 0. The van der Waals surface area contributed by atoms with Gasteiger partial charge in [-0.2, -0.15) is 22.5 Å². The number of halogens is 3. The monoisotopic (exact) mass is 478 g/mol. The minimum atomic E-state index is -4.25. The fraction of sp³-hybridized carbons (Fsp3) is 0.591. The Balaban J connectivity index is 1.17. The predicted octanol–water partition coefficient (Wildman–Crippen LogP) is 4.54. The maximum Gasteiger partial charge on any atom is 0.397 e. The number of alkyl halides is 3. The number of hydrogen-bond donors (Lipinski definition) is 1. The van der Waals surface area contributed by atoms with Crippen molar-refractivity contribution in [3.63, 3.8) is 0 Å². The van der Waals surface area contributed by atoms with E-state index >= 15 is 0 Å². The molecule has 7 nitrogen and oxygen atoms in total. The molecule has 2 bridgehead atoms. The van der Waals surface area contributed by atoms with Crippen molar-refractivity contribution < 1.29 is 17.9 Å². The van der Waals surface area contributed by atoms with Crippen LogP contribution in [0.5, 0.6) is 5.75 Å². The van der Waals surface area contributed by atoms with Crippen LogP contribution in [0.1, 0.15) is 31.4 Å². The highest BCUT2D eigenvalue weighted by Crippen LogP contribution is 2.57. The summed E-state index contributed by atoms with van der Waals surface area (Å²) in [4.78, 5) is 7.01. The Morgan fingerprint density at radius 3 is 2.64 bits per heavy atom. The number of nitrogens with one attached hydrogen (secondary N) is 1. The molecule has 33 heavy (non-hydrogen) atoms. The second-order valence-electron chi connectivity index (χ2n) is 9.62. The van der Waals surface area contributed by atoms with E-state index in [9.17, 15) is 13.2 Å². The first-order valence-corrected chi connectivity index (χ1v) is 12.1. The maximum absolute atomic E-state index is 13.3. The summed E-state index contributed by atoms with van der Waals surface area (Å²) in [5.41, 5.74) is -0.231. The Labute approximate surface area is 193 Å². The van der Waals surface area contributed by atoms with E-state index in [1.807, 2.05) is 6.92 Å². The number of pyridine rings is 1. The summed E-state index contributed by atoms with van der Waals surface area (Å²) in [6.07, 6.45) is 0.0178. The summed E-state index contributed by atoms with van der Waals surface area (Å²) in [6, 6.07) is 5.79. The van der Waals surface area contributed by atoms with Crippen LogP contribution in [0.15, 0.2) is 24.4 Å². The van der Waals surface area contributed by atoms with Gasteiger partial charge in [-0.1, -0.05) is 0 Å². The van der Waals surface area contributed by atoms with E-state index in [1.54, 1.807) is 34.4 Å². The third-order valence-electron chi connectivity index (χ3n) is 7.34. The van der Waals surface area contributed by atoms with Crippen LogP contribution in [0.2, 0.25) is 0 Å². The third kappa shape index (κ3) is 3.70. The number of rotatable bonds is 6. The molecule has 0 radical (unpaired) electrons. The molecule has 11 heteroatoms. The van der Waals surface area contributed by atoms with E-state index in [2.05, 4.69) is 30.7 Å². The van der Waals surface area contributed by atoms with Gasteiger partial charge < -0.3 is 15.0 Å². The molecule has 1 N–H and O–H groups in total. The van der Waals surface area contributed by atoms with E-state index in [1.165, 1.54) is 5.00 Å². The minimum Gasteiger partial charge on any atom is -0.489 e. The summed E-state index contributed by atoms with van der Waals surface area (Å²) in [5.74, 6) is 1.78. The highest BCUT2D eigenvalue weighted by atomic mass is 32.1. The molecular weight excluding hydrogens is 453 g/mol. The van der Waals surface area contributed by atoms with Crippen LogP contribution in [-0.2, 0) is 0 Å². The van der Waals surface area contributed by atoms with Crippen molar-refractivity contribution in [2.24, 2.45) is 17.3 Å². The molecule has 4 heterocycles. The maximum atomic E-state index is 13.3. The third-order valence-corrected chi connectivity index (χ3v) is 8.28. The van der Waals surface area contributed by atoms with Gasteiger partial charge in [0.15, 0.2) is 11.4 Å². The SMILES string of the molecule is Cc1cc(N2C[C@H]3CC[C@@H](C2)[C@@H]3Nc2nc3c(OCC4(C(F)(F)F)CC4)cccn3n2)sn1. The number of fused-ring (bicyclic) bond motifs is 3. The molecule has 2 aliphatic carbocycles. The number of nitrogens with zero attached hydrogens (tertiary/aromatic N) is 5. The van der Waals surface area contributed by atoms with Crippen LogP contribution in [-0.4, -0.2) is 50.9 Å². The normalized spacial score (nSPS) is 26.1. The van der Waals surface area contributed by atoms with Gasteiger partial charge in [0.05, 0.1) is 5.69 Å². The molecule has 2 saturated carbocycles. The largest absolute Gasteiger partial charge is 0.489 e. The van der Waals surface area contributed by atoms with E-state index in [4.69, 9.17) is 4.74 Å². The van der Waals surface area contributed by atoms with Crippen LogP contribution >= 0.6 is 11.5 Å². The number of anilines is 2. The smallest absolute Gasteiger partial charge is 0.397 e. The van der Waals surface area contributed by atoms with Gasteiger partial charge in [-0.25, -0.2) is 4.52 Å². The van der Waals surface area contributed by atoms with Gasteiger partial charge in [-0.05, 0) is 74.2 Å². The molecule has 0 amide bonds. The fourth-order valence-electron chi connectivity index (χ4n) is 5.22. The molecule has 176 valence electrons. The lowest BCUT2D eigenvalue weighted by molar-refractivity contribution is -0.194. The van der Waals surface area contributed by atoms with Gasteiger partial charge in [-0.3, -0.25) is 0 Å². The van der Waals surface area contributed by atoms with Crippen LogP contribution in [0, 0.1) is 24.2 Å². The van der Waals surface area contributed by atoms with Crippen molar-refractivity contribution in [3.8, 4) is 5.75 Å². The fourth-order valence-corrected chi connectivity index (χ4v) is 6.00. The predicted molar refractivity (Wildman–Crippen MR) is 119 cm³/mol. The van der Waals surface area contributed by atoms with Crippen molar-refractivity contribution >= 4 is 28.1 Å². The van der Waals surface area contributed by atoms with E-state index in [0.717, 1.165) is 31.6 Å². The quantitative estimate of drug-likeness (QED) is 0.561. The summed E-state index contributed by atoms with van der Waals surface area (Å²) < 4.78 is 51.4. The topological polar surface area (TPSA) is 67.6 Å². The first-order valence-electron chi connectivity index (χ1n) is 11.3. The van der Waals surface area contributed by atoms with Gasteiger partial charge in [0.1, 0.15) is 17.0 Å². The Morgan fingerprint density at radius 2 is 2.00 bits per heavy atom. The number of aromatic nitrogens is 4. The lowest BCUT2D eigenvalue weighted by Gasteiger charge is -2.38. The lowest BCUT2D eigenvalue weighted by Crippen LogP contribution is -2.48. The van der Waals surface area contributed by atoms with Gasteiger partial charge >= 0.3 is 6.18 Å². The minimum absolute atomic E-state index is 0.113. The molecule has 3 aromatic rings. The first kappa shape index (κ1) is 21.0. The molecule has 1 aliphatic heterocycles. The highest BCUT2D eigenvalue weighted by molar-refractivity contribution is 7.10. The summed E-state index contributed by atoms with van der Waals surface area (Å²) >= 11 is 1.55. The van der Waals surface area contributed by atoms with Gasteiger partial charge in [0, 0.05) is 25.3 Å². The average Bonchev–Trinajstić information content (AvgIpc) is 3.20. The Hall–Kier alpha value is -2.56. The van der Waals surface area contributed by atoms with Gasteiger partial charge in [0.2, 0.25) is 5.95 Å². The molecule has 0 unspecified atom stereocenters. The second kappa shape index (κ2) is 7.48. The molecule has 0 spiro atoms. The zero-order valence-electron chi connectivity index (χ0n) is 18.2. The van der Waals surface area contributed by atoms with Crippen LogP contribution in [0.3, 0.4) is 0 Å². The van der Waals surface area contributed by atoms with E-state index in [-0.39, 0.29) is 25.5 Å². The number of piperidine rings is 1. The summed E-state index contributed by atoms with van der Waals surface area (Å²) in [6.45, 7) is 3.57. The molecule has 1 saturated heterocycles. The van der Waals surface area contributed by atoms with Crippen LogP contribution in [0.25, 0.3) is 5.65 Å². The zero-order chi connectivity index (χ0) is 22.8. The van der Waals surface area contributed by atoms with E-state index < -0.39 is 11.6 Å². The Morgan fingerprint density at radius 1 is 1.24 bits per heavy atom. The zero-order valence-corrected chi connectivity index (χ0v) is 19.0. The lowest BCUT2D eigenvalue weighted by atomic mass is 9.92. The molecule has 0 aromatic carbocycles. The molecule has 6 rings (SSSR count). The molecule has 3 aliphatic rings. The Bertz CT molecular complexity index is 1160. The van der Waals surface area contributed by atoms with Crippen molar-refractivity contribution in [2.45, 2.75) is 44.8 Å². The van der Waals surface area contributed by atoms with Crippen molar-refractivity contribution in [1.29, 1.82) is 0 Å². The standard InChI is InChI=1S/C22H25F3N6OS/c1-13-9-17(33-29-13)30-10-14-4-5-15(11-30)18(14)26-20-27-19-16(3-2-8-31(19)28-20)32-12-21(6-7-21)22(23,24)25/h2-3,8-9,14-15,18H,4-7,10-12H2,1H3,(H,26,28)/t14-,15+,18-. The van der Waals surface area contributed by atoms with Gasteiger partial charge in [-0.15, -0.1) is 5.10 Å².